The molecule has 0 saturated heterocycles. The average molecular weight is 217 g/mol. The molecule has 0 saturated carbocycles. The van der Waals surface area contributed by atoms with E-state index in [0.29, 0.717) is 0 Å². The van der Waals surface area contributed by atoms with E-state index in [0.717, 1.165) is 0 Å². The Bertz CT molecular complexity index is 224. The zero-order chi connectivity index (χ0) is 11.7. The van der Waals surface area contributed by atoms with Gasteiger partial charge in [-0.2, -0.15) is 5.11 Å². The zero-order valence-corrected chi connectivity index (χ0v) is 8.80. The highest BCUT2D eigenvalue weighted by Gasteiger charge is 2.29. The number of ether oxygens (including phenoxy) is 2. The van der Waals surface area contributed by atoms with Gasteiger partial charge in [0.1, 0.15) is 0 Å². The average Bonchev–Trinajstić information content (AvgIpc) is 2.19. The molecule has 0 radical (unpaired) electrons. The van der Waals surface area contributed by atoms with Crippen molar-refractivity contribution >= 4 is 11.9 Å². The number of hydrogen-bond acceptors (Lipinski definition) is 6. The largest absolute Gasteiger partial charge is 0.465 e. The monoisotopic (exact) mass is 217 g/mol. The van der Waals surface area contributed by atoms with Gasteiger partial charge in [0.05, 0.1) is 19.8 Å². The van der Waals surface area contributed by atoms with E-state index < -0.39 is 17.9 Å². The van der Waals surface area contributed by atoms with Crippen molar-refractivity contribution in [3.05, 3.63) is 0 Å². The van der Waals surface area contributed by atoms with E-state index in [9.17, 15) is 9.59 Å². The molecule has 0 aliphatic heterocycles. The lowest BCUT2D eigenvalue weighted by atomic mass is 10.1. The van der Waals surface area contributed by atoms with Crippen LogP contribution in [0.4, 0.5) is 0 Å². The predicted octanol–water partition coefficient (Wildman–Crippen LogP) is 0.0547. The van der Waals surface area contributed by atoms with Crippen LogP contribution in [0.3, 0.4) is 0 Å². The van der Waals surface area contributed by atoms with Crippen LogP contribution in [0.15, 0.2) is 10.3 Å². The summed E-state index contributed by atoms with van der Waals surface area (Å²) in [5.41, 5.74) is 0. The van der Waals surface area contributed by atoms with E-state index in [1.807, 2.05) is 0 Å². The van der Waals surface area contributed by atoms with Crippen LogP contribution in [0.1, 0.15) is 13.8 Å². The van der Waals surface area contributed by atoms with Gasteiger partial charge in [0.15, 0.2) is 5.92 Å². The molecule has 0 heterocycles. The molecule has 2 N–H and O–H groups in total. The maximum absolute atomic E-state index is 11.3. The number of esters is 2. The lowest BCUT2D eigenvalue weighted by Gasteiger charge is -2.11. The fourth-order valence-electron chi connectivity index (χ4n) is 0.860. The topological polar surface area (TPSA) is 103 Å². The first-order valence-electron chi connectivity index (χ1n) is 4.57. The SMILES string of the molecule is CCOC(=O)C(CN=NN)C(=O)OCC. The van der Waals surface area contributed by atoms with E-state index in [1.165, 1.54) is 0 Å². The number of hydrogen-bond donors (Lipinski definition) is 1. The second kappa shape index (κ2) is 7.72. The highest BCUT2D eigenvalue weighted by atomic mass is 16.6. The Labute approximate surface area is 87.6 Å². The Kier molecular flexibility index (Phi) is 6.86. The smallest absolute Gasteiger partial charge is 0.322 e. The van der Waals surface area contributed by atoms with E-state index in [4.69, 9.17) is 5.84 Å². The first-order chi connectivity index (χ1) is 7.17. The number of nitrogens with zero attached hydrogens (tertiary/aromatic N) is 2. The van der Waals surface area contributed by atoms with Crippen molar-refractivity contribution in [1.29, 1.82) is 0 Å². The molecule has 0 aliphatic rings. The van der Waals surface area contributed by atoms with Gasteiger partial charge in [-0.25, -0.2) is 0 Å². The first kappa shape index (κ1) is 13.3. The Morgan fingerprint density at radius 3 is 2.00 bits per heavy atom. The fraction of sp³-hybridized carbons (Fsp3) is 0.750. The van der Waals surface area contributed by atoms with Crippen molar-refractivity contribution in [2.24, 2.45) is 22.1 Å². The summed E-state index contributed by atoms with van der Waals surface area (Å²) >= 11 is 0. The highest BCUT2D eigenvalue weighted by molar-refractivity contribution is 5.95. The van der Waals surface area contributed by atoms with Crippen LogP contribution in [0, 0.1) is 5.92 Å². The lowest BCUT2D eigenvalue weighted by Crippen LogP contribution is -2.30. The van der Waals surface area contributed by atoms with Crippen LogP contribution in [0.25, 0.3) is 0 Å². The van der Waals surface area contributed by atoms with Crippen molar-refractivity contribution in [2.75, 3.05) is 19.8 Å². The van der Waals surface area contributed by atoms with Crippen molar-refractivity contribution < 1.29 is 19.1 Å². The van der Waals surface area contributed by atoms with Gasteiger partial charge in [0.25, 0.3) is 0 Å². The predicted molar refractivity (Wildman–Crippen MR) is 50.7 cm³/mol. The fourth-order valence-corrected chi connectivity index (χ4v) is 0.860. The maximum Gasteiger partial charge on any atom is 0.322 e. The molecule has 0 spiro atoms. The number of nitrogens with two attached hydrogens (primary N) is 1. The summed E-state index contributed by atoms with van der Waals surface area (Å²) in [6.07, 6.45) is 0. The van der Waals surface area contributed by atoms with Crippen LogP contribution < -0.4 is 5.84 Å². The maximum atomic E-state index is 11.3. The molecule has 7 nitrogen and oxygen atoms in total. The van der Waals surface area contributed by atoms with Gasteiger partial charge in [-0.1, -0.05) is 5.22 Å². The van der Waals surface area contributed by atoms with E-state index >= 15 is 0 Å². The molecule has 0 fully saturated rings. The molecule has 7 heteroatoms. The summed E-state index contributed by atoms with van der Waals surface area (Å²) in [7, 11) is 0. The van der Waals surface area contributed by atoms with Gasteiger partial charge < -0.3 is 15.3 Å². The third kappa shape index (κ3) is 4.94. The second-order valence-corrected chi connectivity index (χ2v) is 2.50. The van der Waals surface area contributed by atoms with Crippen molar-refractivity contribution in [3.63, 3.8) is 0 Å². The summed E-state index contributed by atoms with van der Waals surface area (Å²) in [6, 6.07) is 0. The quantitative estimate of drug-likeness (QED) is 0.223. The van der Waals surface area contributed by atoms with Gasteiger partial charge in [-0.15, -0.1) is 0 Å². The van der Waals surface area contributed by atoms with Gasteiger partial charge in [0.2, 0.25) is 0 Å². The second-order valence-electron chi connectivity index (χ2n) is 2.50. The van der Waals surface area contributed by atoms with Crippen LogP contribution in [0.2, 0.25) is 0 Å². The molecule has 0 aliphatic carbocycles. The normalized spacial score (nSPS) is 10.6. The summed E-state index contributed by atoms with van der Waals surface area (Å²) in [6.45, 7) is 3.51. The molecule has 0 aromatic carbocycles. The first-order valence-corrected chi connectivity index (χ1v) is 4.57. The molecule has 0 unspecified atom stereocenters. The van der Waals surface area contributed by atoms with Crippen LogP contribution >= 0.6 is 0 Å². The minimum absolute atomic E-state index is 0.159. The summed E-state index contributed by atoms with van der Waals surface area (Å²) in [4.78, 5) is 22.6. The van der Waals surface area contributed by atoms with E-state index in [1.54, 1.807) is 13.8 Å². The van der Waals surface area contributed by atoms with Gasteiger partial charge >= 0.3 is 11.9 Å². The van der Waals surface area contributed by atoms with Gasteiger partial charge in [0, 0.05) is 0 Å². The number of rotatable bonds is 6. The molecular formula is C8H15N3O4. The summed E-state index contributed by atoms with van der Waals surface area (Å²) in [5, 5.41) is 6.35. The molecule has 0 atom stereocenters. The molecule has 15 heavy (non-hydrogen) atoms. The third-order valence-corrected chi connectivity index (χ3v) is 1.49. The molecule has 0 aromatic heterocycles. The van der Waals surface area contributed by atoms with Gasteiger partial charge in [-0.3, -0.25) is 9.59 Å². The van der Waals surface area contributed by atoms with Crippen molar-refractivity contribution in [2.45, 2.75) is 13.8 Å². The zero-order valence-electron chi connectivity index (χ0n) is 8.80. The van der Waals surface area contributed by atoms with E-state index in [2.05, 4.69) is 19.8 Å². The molecule has 0 amide bonds. The van der Waals surface area contributed by atoms with Gasteiger partial charge in [-0.05, 0) is 13.8 Å². The molecule has 0 bridgehead atoms. The molecular weight excluding hydrogens is 202 g/mol. The minimum Gasteiger partial charge on any atom is -0.465 e. The molecule has 86 valence electrons. The summed E-state index contributed by atoms with van der Waals surface area (Å²) < 4.78 is 9.37. The Balaban J connectivity index is 4.41. The van der Waals surface area contributed by atoms with Crippen LogP contribution in [-0.4, -0.2) is 31.7 Å². The Morgan fingerprint density at radius 2 is 1.67 bits per heavy atom. The minimum atomic E-state index is -1.09. The molecule has 0 rings (SSSR count). The standard InChI is InChI=1S/C8H15N3O4/c1-3-14-7(12)6(5-10-11-9)8(13)15-4-2/h6H,3-5H2,1-2H3,(H2,9,10). The third-order valence-electron chi connectivity index (χ3n) is 1.49. The lowest BCUT2D eigenvalue weighted by molar-refractivity contribution is -0.161. The van der Waals surface area contributed by atoms with Crippen LogP contribution in [0.5, 0.6) is 0 Å². The van der Waals surface area contributed by atoms with Crippen molar-refractivity contribution in [3.8, 4) is 0 Å². The number of carbonyl (C=O) groups excluding carboxylic acids is 2. The highest BCUT2D eigenvalue weighted by Crippen LogP contribution is 2.04. The van der Waals surface area contributed by atoms with E-state index in [-0.39, 0.29) is 19.8 Å². The van der Waals surface area contributed by atoms with Crippen molar-refractivity contribution in [1.82, 2.24) is 0 Å². The Morgan fingerprint density at radius 1 is 1.20 bits per heavy atom. The summed E-state index contributed by atoms with van der Waals surface area (Å²) in [5.74, 6) is 2.34. The van der Waals surface area contributed by atoms with Crippen LogP contribution in [-0.2, 0) is 19.1 Å². The number of carbonyl (C=O) groups is 2. The molecule has 0 aromatic rings. The Hall–Kier alpha value is -1.66.